The maximum absolute atomic E-state index is 12.0. The van der Waals surface area contributed by atoms with Gasteiger partial charge in [0, 0.05) is 11.1 Å². The molecule has 2 aromatic carbocycles. The first-order valence-electron chi connectivity index (χ1n) is 5.69. The zero-order chi connectivity index (χ0) is 14.5. The Kier molecular flexibility index (Phi) is 4.65. The summed E-state index contributed by atoms with van der Waals surface area (Å²) < 4.78 is 31.4. The van der Waals surface area contributed by atoms with Crippen LogP contribution < -0.4 is 51.4 Å². The molecule has 0 aliphatic heterocycles. The third kappa shape index (κ3) is 2.82. The molecule has 1 aliphatic rings. The minimum atomic E-state index is -4.37. The third-order valence-corrected chi connectivity index (χ3v) is 4.05. The average Bonchev–Trinajstić information content (AvgIpc) is 2.43. The van der Waals surface area contributed by atoms with Gasteiger partial charge in [0.1, 0.15) is 0 Å². The molecule has 5 nitrogen and oxygen atoms in total. The van der Waals surface area contributed by atoms with Gasteiger partial charge in [0.15, 0.2) is 0 Å². The van der Waals surface area contributed by atoms with Crippen molar-refractivity contribution in [1.82, 2.24) is 0 Å². The molecule has 0 spiro atoms. The molecule has 21 heavy (non-hydrogen) atoms. The molecule has 0 radical (unpaired) electrons. The van der Waals surface area contributed by atoms with Crippen molar-refractivity contribution in [2.75, 3.05) is 0 Å². The number of ketones is 2. The van der Waals surface area contributed by atoms with Crippen LogP contribution in [-0.2, 0) is 10.1 Å². The molecule has 0 saturated carbocycles. The van der Waals surface area contributed by atoms with Gasteiger partial charge in [0.25, 0.3) is 10.1 Å². The van der Waals surface area contributed by atoms with Crippen molar-refractivity contribution in [3.8, 4) is 11.1 Å². The van der Waals surface area contributed by atoms with Gasteiger partial charge in [-0.05, 0) is 29.3 Å². The number of hydrogen-bond donors (Lipinski definition) is 1. The number of carbonyl (C=O) groups excluding carboxylic acids is 2. The SMILES string of the molecule is O=C1C(=O)c2ccc(S(=O)(=O)O)cc2-c2ccccc21.[K+]. The molecule has 0 aromatic heterocycles. The summed E-state index contributed by atoms with van der Waals surface area (Å²) in [4.78, 5) is 23.6. The van der Waals surface area contributed by atoms with E-state index in [1.165, 1.54) is 18.2 Å². The van der Waals surface area contributed by atoms with Crippen LogP contribution in [-0.4, -0.2) is 24.5 Å². The van der Waals surface area contributed by atoms with Gasteiger partial charge in [0.2, 0.25) is 11.6 Å². The second kappa shape index (κ2) is 5.84. The van der Waals surface area contributed by atoms with Gasteiger partial charge < -0.3 is 0 Å². The quantitative estimate of drug-likeness (QED) is 0.412. The molecule has 100 valence electrons. The van der Waals surface area contributed by atoms with Crippen LogP contribution in [0.1, 0.15) is 20.7 Å². The van der Waals surface area contributed by atoms with E-state index < -0.39 is 21.7 Å². The topological polar surface area (TPSA) is 88.5 Å². The molecular formula is C14H8KO5S+. The fraction of sp³-hybridized carbons (Fsp3) is 0. The Labute approximate surface area is 163 Å². The molecule has 0 heterocycles. The molecule has 7 heteroatoms. The first-order chi connectivity index (χ1) is 9.39. The standard InChI is InChI=1S/C14H8O5S.K/c15-13-10-4-2-1-3-9(10)12-7-8(20(17,18)19)5-6-11(12)14(13)16;/h1-7H,(H,17,18,19);/q;+1. The van der Waals surface area contributed by atoms with E-state index in [-0.39, 0.29) is 67.4 Å². The Morgan fingerprint density at radius 1 is 0.762 bits per heavy atom. The van der Waals surface area contributed by atoms with Gasteiger partial charge >= 0.3 is 51.4 Å². The van der Waals surface area contributed by atoms with Gasteiger partial charge in [-0.2, -0.15) is 8.42 Å². The predicted molar refractivity (Wildman–Crippen MR) is 70.4 cm³/mol. The van der Waals surface area contributed by atoms with Crippen LogP contribution in [0.4, 0.5) is 0 Å². The second-order valence-electron chi connectivity index (χ2n) is 4.39. The van der Waals surface area contributed by atoms with Gasteiger partial charge in [-0.3, -0.25) is 14.1 Å². The summed E-state index contributed by atoms with van der Waals surface area (Å²) in [5.41, 5.74) is 1.19. The van der Waals surface area contributed by atoms with Gasteiger partial charge in [-0.1, -0.05) is 24.3 Å². The van der Waals surface area contributed by atoms with Crippen molar-refractivity contribution in [2.24, 2.45) is 0 Å². The van der Waals surface area contributed by atoms with E-state index in [4.69, 9.17) is 4.55 Å². The summed E-state index contributed by atoms with van der Waals surface area (Å²) in [6, 6.07) is 10.0. The molecule has 0 amide bonds. The minimum Gasteiger partial charge on any atom is -0.285 e. The fourth-order valence-corrected chi connectivity index (χ4v) is 2.77. The normalized spacial score (nSPS) is 13.2. The van der Waals surface area contributed by atoms with Crippen LogP contribution in [0.2, 0.25) is 0 Å². The molecule has 0 unspecified atom stereocenters. The number of fused-ring (bicyclic) bond motifs is 3. The Hall–Kier alpha value is -0.674. The largest absolute Gasteiger partial charge is 1.00 e. The van der Waals surface area contributed by atoms with Crippen LogP contribution in [0.5, 0.6) is 0 Å². The van der Waals surface area contributed by atoms with Crippen molar-refractivity contribution >= 4 is 21.7 Å². The number of hydrogen-bond acceptors (Lipinski definition) is 4. The fourth-order valence-electron chi connectivity index (χ4n) is 2.27. The Balaban J connectivity index is 0.00000161. The predicted octanol–water partition coefficient (Wildman–Crippen LogP) is -1.02. The van der Waals surface area contributed by atoms with Gasteiger partial charge in [0.05, 0.1) is 4.90 Å². The molecule has 0 saturated heterocycles. The van der Waals surface area contributed by atoms with E-state index in [1.54, 1.807) is 18.2 Å². The van der Waals surface area contributed by atoms with Crippen LogP contribution >= 0.6 is 0 Å². The molecular weight excluding hydrogens is 319 g/mol. The Bertz CT molecular complexity index is 871. The van der Waals surface area contributed by atoms with E-state index in [0.717, 1.165) is 6.07 Å². The number of Topliss-reactive ketones (excluding diaryl/α,β-unsaturated/α-hetero) is 2. The second-order valence-corrected chi connectivity index (χ2v) is 5.81. The summed E-state index contributed by atoms with van der Waals surface area (Å²) in [6.45, 7) is 0. The molecule has 0 fully saturated rings. The molecule has 0 bridgehead atoms. The van der Waals surface area contributed by atoms with Gasteiger partial charge in [-0.15, -0.1) is 0 Å². The third-order valence-electron chi connectivity index (χ3n) is 3.20. The van der Waals surface area contributed by atoms with E-state index in [1.807, 2.05) is 0 Å². The number of benzene rings is 2. The van der Waals surface area contributed by atoms with Crippen molar-refractivity contribution in [1.29, 1.82) is 0 Å². The average molecular weight is 327 g/mol. The van der Waals surface area contributed by atoms with Crippen LogP contribution in [0.3, 0.4) is 0 Å². The molecule has 3 rings (SSSR count). The van der Waals surface area contributed by atoms with E-state index >= 15 is 0 Å². The first kappa shape index (κ1) is 16.7. The van der Waals surface area contributed by atoms with E-state index in [0.29, 0.717) is 11.1 Å². The van der Waals surface area contributed by atoms with Gasteiger partial charge in [-0.25, -0.2) is 0 Å². The zero-order valence-corrected chi connectivity index (χ0v) is 15.0. The number of carbonyl (C=O) groups is 2. The maximum Gasteiger partial charge on any atom is 1.00 e. The van der Waals surface area contributed by atoms with Crippen LogP contribution in [0.15, 0.2) is 47.4 Å². The molecule has 1 aliphatic carbocycles. The molecule has 1 N–H and O–H groups in total. The van der Waals surface area contributed by atoms with Crippen molar-refractivity contribution < 1.29 is 73.9 Å². The monoisotopic (exact) mass is 327 g/mol. The summed E-state index contributed by atoms with van der Waals surface area (Å²) in [6.07, 6.45) is 0. The minimum absolute atomic E-state index is 0. The maximum atomic E-state index is 12.0. The van der Waals surface area contributed by atoms with Crippen molar-refractivity contribution in [3.63, 3.8) is 0 Å². The Morgan fingerprint density at radius 3 is 1.86 bits per heavy atom. The number of rotatable bonds is 1. The molecule has 0 atom stereocenters. The molecule has 2 aromatic rings. The zero-order valence-electron chi connectivity index (χ0n) is 11.0. The summed E-state index contributed by atoms with van der Waals surface area (Å²) >= 11 is 0. The Morgan fingerprint density at radius 2 is 1.29 bits per heavy atom. The van der Waals surface area contributed by atoms with Crippen LogP contribution in [0.25, 0.3) is 11.1 Å². The summed E-state index contributed by atoms with van der Waals surface area (Å²) in [7, 11) is -4.37. The summed E-state index contributed by atoms with van der Waals surface area (Å²) in [5, 5.41) is 0. The van der Waals surface area contributed by atoms with E-state index in [2.05, 4.69) is 0 Å². The van der Waals surface area contributed by atoms with Crippen molar-refractivity contribution in [2.45, 2.75) is 4.90 Å². The summed E-state index contributed by atoms with van der Waals surface area (Å²) in [5.74, 6) is -1.30. The first-order valence-corrected chi connectivity index (χ1v) is 7.13. The van der Waals surface area contributed by atoms with Crippen LogP contribution in [0, 0.1) is 0 Å². The smallest absolute Gasteiger partial charge is 0.285 e. The van der Waals surface area contributed by atoms with Crippen molar-refractivity contribution in [3.05, 3.63) is 53.6 Å². The van der Waals surface area contributed by atoms with E-state index in [9.17, 15) is 18.0 Å².